The quantitative estimate of drug-likeness (QED) is 0.681. The van der Waals surface area contributed by atoms with Crippen molar-refractivity contribution >= 4 is 22.6 Å². The molecule has 2 rings (SSSR count). The molecular weight excluding hydrogens is 316 g/mol. The van der Waals surface area contributed by atoms with Gasteiger partial charge in [0.15, 0.2) is 0 Å². The van der Waals surface area contributed by atoms with E-state index in [1.807, 2.05) is 24.3 Å². The van der Waals surface area contributed by atoms with Crippen molar-refractivity contribution in [1.29, 1.82) is 0 Å². The van der Waals surface area contributed by atoms with Crippen molar-refractivity contribution < 1.29 is 14.7 Å². The van der Waals surface area contributed by atoms with Crippen LogP contribution in [0.3, 0.4) is 0 Å². The maximum Gasteiger partial charge on any atom is 0.329 e. The molecule has 0 saturated carbocycles. The first-order valence-electron chi connectivity index (χ1n) is 8.82. The fourth-order valence-corrected chi connectivity index (χ4v) is 3.00. The second kappa shape index (κ2) is 8.60. The number of carbonyl (C=O) groups excluding carboxylic acids is 1. The highest BCUT2D eigenvalue weighted by molar-refractivity contribution is 5.92. The number of pyridine rings is 1. The van der Waals surface area contributed by atoms with E-state index < -0.39 is 11.5 Å². The summed E-state index contributed by atoms with van der Waals surface area (Å²) in [5.41, 5.74) is -0.354. The number of fused-ring (bicyclic) bond motifs is 1. The lowest BCUT2D eigenvalue weighted by Crippen LogP contribution is -2.52. The Kier molecular flexibility index (Phi) is 6.51. The number of carbonyl (C=O) groups is 2. The summed E-state index contributed by atoms with van der Waals surface area (Å²) < 4.78 is 0. The van der Waals surface area contributed by atoms with Gasteiger partial charge in [-0.3, -0.25) is 9.78 Å². The molecule has 0 saturated heterocycles. The fraction of sp³-hybridized carbons (Fsp3) is 0.450. The number of unbranched alkanes of at least 4 members (excludes halogenated alkanes) is 3. The topological polar surface area (TPSA) is 79.3 Å². The molecule has 0 aliphatic rings. The zero-order valence-electron chi connectivity index (χ0n) is 14.9. The Hall–Kier alpha value is -2.43. The number of rotatable bonds is 9. The van der Waals surface area contributed by atoms with Gasteiger partial charge in [-0.2, -0.15) is 0 Å². The van der Waals surface area contributed by atoms with Gasteiger partial charge in [0.2, 0.25) is 5.91 Å². The summed E-state index contributed by atoms with van der Waals surface area (Å²) in [6.07, 6.45) is 7.97. The Balaban J connectivity index is 2.06. The van der Waals surface area contributed by atoms with Crippen LogP contribution < -0.4 is 5.32 Å². The Morgan fingerprint density at radius 1 is 1.20 bits per heavy atom. The van der Waals surface area contributed by atoms with E-state index in [9.17, 15) is 14.7 Å². The maximum atomic E-state index is 12.5. The number of hydrogen-bond acceptors (Lipinski definition) is 3. The summed E-state index contributed by atoms with van der Waals surface area (Å²) in [5.74, 6) is -1.26. The van der Waals surface area contributed by atoms with Crippen molar-refractivity contribution in [2.24, 2.45) is 0 Å². The third-order valence-corrected chi connectivity index (χ3v) is 4.54. The summed E-state index contributed by atoms with van der Waals surface area (Å²) in [7, 11) is 0. The minimum absolute atomic E-state index is 0.152. The molecule has 0 bridgehead atoms. The number of hydrogen-bond donors (Lipinski definition) is 2. The van der Waals surface area contributed by atoms with Gasteiger partial charge < -0.3 is 10.4 Å². The third-order valence-electron chi connectivity index (χ3n) is 4.54. The smallest absolute Gasteiger partial charge is 0.329 e. The van der Waals surface area contributed by atoms with Crippen LogP contribution in [0.4, 0.5) is 0 Å². The molecule has 1 unspecified atom stereocenters. The van der Waals surface area contributed by atoms with Crippen molar-refractivity contribution in [2.75, 3.05) is 0 Å². The van der Waals surface area contributed by atoms with Crippen LogP contribution in [-0.4, -0.2) is 27.5 Å². The summed E-state index contributed by atoms with van der Waals surface area (Å²) in [5, 5.41) is 14.2. The Morgan fingerprint density at radius 2 is 2.00 bits per heavy atom. The zero-order chi connectivity index (χ0) is 18.3. The van der Waals surface area contributed by atoms with Crippen molar-refractivity contribution in [3.8, 4) is 0 Å². The van der Waals surface area contributed by atoms with Gasteiger partial charge in [0.25, 0.3) is 0 Å². The minimum atomic E-state index is -1.23. The fourth-order valence-electron chi connectivity index (χ4n) is 3.00. The van der Waals surface area contributed by atoms with Gasteiger partial charge in [-0.05, 0) is 30.4 Å². The second-order valence-electron chi connectivity index (χ2n) is 6.69. The van der Waals surface area contributed by atoms with Gasteiger partial charge in [0.1, 0.15) is 5.54 Å². The van der Waals surface area contributed by atoms with Gasteiger partial charge in [0, 0.05) is 17.8 Å². The number of amides is 1. The van der Waals surface area contributed by atoms with Gasteiger partial charge in [0.05, 0.1) is 6.42 Å². The zero-order valence-corrected chi connectivity index (χ0v) is 14.9. The third kappa shape index (κ3) is 5.02. The number of benzene rings is 1. The molecule has 0 spiro atoms. The van der Waals surface area contributed by atoms with E-state index in [0.717, 1.165) is 42.0 Å². The Bertz CT molecular complexity index is 739. The predicted molar refractivity (Wildman–Crippen MR) is 98.4 cm³/mol. The first kappa shape index (κ1) is 18.9. The van der Waals surface area contributed by atoms with Crippen LogP contribution in [0.5, 0.6) is 0 Å². The molecule has 0 aliphatic carbocycles. The van der Waals surface area contributed by atoms with E-state index in [1.54, 1.807) is 19.3 Å². The number of aromatic nitrogens is 1. The maximum absolute atomic E-state index is 12.5. The molecule has 2 N–H and O–H groups in total. The van der Waals surface area contributed by atoms with Crippen molar-refractivity contribution in [3.63, 3.8) is 0 Å². The van der Waals surface area contributed by atoms with E-state index >= 15 is 0 Å². The molecule has 2 aromatic rings. The van der Waals surface area contributed by atoms with Crippen LogP contribution in [-0.2, 0) is 16.0 Å². The molecule has 5 nitrogen and oxygen atoms in total. The van der Waals surface area contributed by atoms with Gasteiger partial charge in [-0.15, -0.1) is 0 Å². The molecular formula is C20H26N2O3. The number of nitrogens with zero attached hydrogens (tertiary/aromatic N) is 1. The summed E-state index contributed by atoms with van der Waals surface area (Å²) >= 11 is 0. The number of aliphatic carboxylic acids is 1. The van der Waals surface area contributed by atoms with Crippen molar-refractivity contribution in [1.82, 2.24) is 10.3 Å². The predicted octanol–water partition coefficient (Wildman–Crippen LogP) is 3.71. The van der Waals surface area contributed by atoms with Gasteiger partial charge in [-0.1, -0.05) is 50.8 Å². The molecule has 0 radical (unpaired) electrons. The largest absolute Gasteiger partial charge is 0.480 e. The van der Waals surface area contributed by atoms with E-state index in [-0.39, 0.29) is 12.3 Å². The molecule has 1 atom stereocenters. The number of carboxylic acids is 1. The van der Waals surface area contributed by atoms with E-state index in [0.29, 0.717) is 6.42 Å². The van der Waals surface area contributed by atoms with Crippen LogP contribution in [0.15, 0.2) is 36.7 Å². The van der Waals surface area contributed by atoms with Gasteiger partial charge in [-0.25, -0.2) is 4.79 Å². The van der Waals surface area contributed by atoms with E-state index in [4.69, 9.17) is 0 Å². The highest BCUT2D eigenvalue weighted by Gasteiger charge is 2.34. The first-order valence-corrected chi connectivity index (χ1v) is 8.82. The average molecular weight is 342 g/mol. The van der Waals surface area contributed by atoms with Crippen LogP contribution in [0.25, 0.3) is 10.8 Å². The number of nitrogens with one attached hydrogen (secondary N) is 1. The molecule has 5 heteroatoms. The van der Waals surface area contributed by atoms with Crippen LogP contribution in [0, 0.1) is 0 Å². The van der Waals surface area contributed by atoms with Gasteiger partial charge >= 0.3 is 5.97 Å². The standard InChI is InChI=1S/C20H26N2O3/c1-3-4-5-6-11-20(2,19(24)25)22-18(23)13-15-8-7-9-16-14-21-12-10-17(15)16/h7-10,12,14H,3-6,11,13H2,1-2H3,(H,22,23)(H,24,25). The highest BCUT2D eigenvalue weighted by atomic mass is 16.4. The number of carboxylic acid groups (broad SMARTS) is 1. The summed E-state index contributed by atoms with van der Waals surface area (Å²) in [6.45, 7) is 3.70. The molecule has 0 fully saturated rings. The molecule has 1 heterocycles. The van der Waals surface area contributed by atoms with Crippen LogP contribution in [0.2, 0.25) is 0 Å². The average Bonchev–Trinajstić information content (AvgIpc) is 2.59. The molecule has 1 aromatic heterocycles. The molecule has 25 heavy (non-hydrogen) atoms. The second-order valence-corrected chi connectivity index (χ2v) is 6.69. The van der Waals surface area contributed by atoms with E-state index in [2.05, 4.69) is 17.2 Å². The van der Waals surface area contributed by atoms with E-state index in [1.165, 1.54) is 0 Å². The molecule has 1 aromatic carbocycles. The Labute approximate surface area is 148 Å². The summed E-state index contributed by atoms with van der Waals surface area (Å²) in [4.78, 5) is 28.2. The lowest BCUT2D eigenvalue weighted by molar-refractivity contribution is -0.147. The first-order chi connectivity index (χ1) is 12.0. The normalized spacial score (nSPS) is 13.4. The lowest BCUT2D eigenvalue weighted by atomic mass is 9.93. The molecule has 1 amide bonds. The van der Waals surface area contributed by atoms with Crippen LogP contribution >= 0.6 is 0 Å². The van der Waals surface area contributed by atoms with Crippen molar-refractivity contribution in [2.45, 2.75) is 57.9 Å². The molecule has 0 aliphatic heterocycles. The van der Waals surface area contributed by atoms with Crippen molar-refractivity contribution in [3.05, 3.63) is 42.2 Å². The highest BCUT2D eigenvalue weighted by Crippen LogP contribution is 2.20. The molecule has 134 valence electrons. The SMILES string of the molecule is CCCCCCC(C)(NC(=O)Cc1cccc2cnccc12)C(=O)O. The summed E-state index contributed by atoms with van der Waals surface area (Å²) in [6, 6.07) is 7.59. The van der Waals surface area contributed by atoms with Crippen LogP contribution in [0.1, 0.15) is 51.5 Å². The minimum Gasteiger partial charge on any atom is -0.480 e. The monoisotopic (exact) mass is 342 g/mol. The Morgan fingerprint density at radius 3 is 2.72 bits per heavy atom. The lowest BCUT2D eigenvalue weighted by Gasteiger charge is -2.26.